The summed E-state index contributed by atoms with van der Waals surface area (Å²) >= 11 is 0. The smallest absolute Gasteiger partial charge is 0.339 e. The van der Waals surface area contributed by atoms with Crippen molar-refractivity contribution in [2.24, 2.45) is 0 Å². The van der Waals surface area contributed by atoms with Gasteiger partial charge in [-0.25, -0.2) is 0 Å². The van der Waals surface area contributed by atoms with Crippen molar-refractivity contribution in [3.63, 3.8) is 0 Å². The van der Waals surface area contributed by atoms with Gasteiger partial charge < -0.3 is 4.18 Å². The summed E-state index contributed by atoms with van der Waals surface area (Å²) in [7, 11) is -4.20. The maximum absolute atomic E-state index is 14.1. The standard InChI is InChI=1S/C30H23NO4S/c1-22-17-19-26(20-18-22)36(33,34)35-28-21-27(23-11-5-2-6-12-23)31(25-15-9-4-10-16-25)30(32)29(28)24-13-7-3-8-14-24/h2-21H,1H3. The molecule has 5 nitrogen and oxygen atoms in total. The third-order valence-corrected chi connectivity index (χ3v) is 7.08. The van der Waals surface area contributed by atoms with Gasteiger partial charge in [-0.3, -0.25) is 9.36 Å². The Bertz CT molecular complexity index is 1660. The lowest BCUT2D eigenvalue weighted by Crippen LogP contribution is -2.24. The fraction of sp³-hybridized carbons (Fsp3) is 0.0333. The molecule has 0 saturated heterocycles. The van der Waals surface area contributed by atoms with Crippen LogP contribution in [0.15, 0.2) is 131 Å². The molecule has 36 heavy (non-hydrogen) atoms. The highest BCUT2D eigenvalue weighted by atomic mass is 32.2. The summed E-state index contributed by atoms with van der Waals surface area (Å²) in [5, 5.41) is 0. The second kappa shape index (κ2) is 9.68. The van der Waals surface area contributed by atoms with Gasteiger partial charge in [0.05, 0.1) is 11.3 Å². The summed E-state index contributed by atoms with van der Waals surface area (Å²) in [6.07, 6.45) is 0. The van der Waals surface area contributed by atoms with E-state index in [4.69, 9.17) is 4.18 Å². The van der Waals surface area contributed by atoms with Crippen LogP contribution in [0.25, 0.3) is 28.1 Å². The first kappa shape index (κ1) is 23.3. The summed E-state index contributed by atoms with van der Waals surface area (Å²) < 4.78 is 33.9. The lowest BCUT2D eigenvalue weighted by molar-refractivity contribution is 0.486. The predicted octanol–water partition coefficient (Wildman–Crippen LogP) is 6.25. The van der Waals surface area contributed by atoms with Crippen molar-refractivity contribution in [1.82, 2.24) is 4.57 Å². The van der Waals surface area contributed by atoms with E-state index in [0.29, 0.717) is 16.9 Å². The predicted molar refractivity (Wildman–Crippen MR) is 142 cm³/mol. The van der Waals surface area contributed by atoms with Crippen LogP contribution in [0.4, 0.5) is 0 Å². The molecule has 5 rings (SSSR count). The zero-order valence-electron chi connectivity index (χ0n) is 19.5. The van der Waals surface area contributed by atoms with Gasteiger partial charge in [0.2, 0.25) is 0 Å². The molecule has 0 aliphatic heterocycles. The fourth-order valence-corrected chi connectivity index (χ4v) is 4.98. The van der Waals surface area contributed by atoms with Gasteiger partial charge in [0, 0.05) is 11.8 Å². The summed E-state index contributed by atoms with van der Waals surface area (Å²) in [6, 6.07) is 35.6. The number of benzene rings is 4. The Kier molecular flexibility index (Phi) is 6.27. The number of para-hydroxylation sites is 1. The van der Waals surface area contributed by atoms with Gasteiger partial charge in [0.1, 0.15) is 4.90 Å². The second-order valence-corrected chi connectivity index (χ2v) is 9.87. The molecule has 4 aromatic carbocycles. The second-order valence-electron chi connectivity index (χ2n) is 8.33. The van der Waals surface area contributed by atoms with E-state index in [1.165, 1.54) is 12.1 Å². The van der Waals surface area contributed by atoms with Crippen LogP contribution in [0.2, 0.25) is 0 Å². The quantitative estimate of drug-likeness (QED) is 0.262. The Labute approximate surface area is 210 Å². The van der Waals surface area contributed by atoms with E-state index in [-0.39, 0.29) is 21.8 Å². The molecule has 0 aliphatic rings. The van der Waals surface area contributed by atoms with E-state index in [0.717, 1.165) is 11.1 Å². The molecule has 0 amide bonds. The molecule has 0 atom stereocenters. The number of aryl methyl sites for hydroxylation is 1. The number of rotatable bonds is 6. The van der Waals surface area contributed by atoms with Crippen LogP contribution in [-0.4, -0.2) is 13.0 Å². The Morgan fingerprint density at radius 1 is 0.667 bits per heavy atom. The van der Waals surface area contributed by atoms with Crippen molar-refractivity contribution in [1.29, 1.82) is 0 Å². The van der Waals surface area contributed by atoms with Gasteiger partial charge in [0.25, 0.3) is 5.56 Å². The Morgan fingerprint density at radius 3 is 1.78 bits per heavy atom. The van der Waals surface area contributed by atoms with Gasteiger partial charge in [0.15, 0.2) is 5.75 Å². The van der Waals surface area contributed by atoms with Crippen LogP contribution >= 0.6 is 0 Å². The highest BCUT2D eigenvalue weighted by molar-refractivity contribution is 7.87. The van der Waals surface area contributed by atoms with Crippen LogP contribution in [0, 0.1) is 6.92 Å². The maximum Gasteiger partial charge on any atom is 0.339 e. The summed E-state index contributed by atoms with van der Waals surface area (Å²) in [5.41, 5.74) is 3.18. The zero-order valence-corrected chi connectivity index (χ0v) is 20.4. The first-order valence-electron chi connectivity index (χ1n) is 11.4. The lowest BCUT2D eigenvalue weighted by Gasteiger charge is -2.19. The maximum atomic E-state index is 14.1. The van der Waals surface area contributed by atoms with Gasteiger partial charge >= 0.3 is 10.1 Å². The van der Waals surface area contributed by atoms with E-state index in [1.807, 2.05) is 73.7 Å². The fourth-order valence-electron chi connectivity index (χ4n) is 4.05. The van der Waals surface area contributed by atoms with E-state index in [1.54, 1.807) is 47.0 Å². The molecular formula is C30H23NO4S. The molecule has 178 valence electrons. The minimum Gasteiger partial charge on any atom is -0.378 e. The molecule has 0 radical (unpaired) electrons. The van der Waals surface area contributed by atoms with Crippen LogP contribution < -0.4 is 9.74 Å². The van der Waals surface area contributed by atoms with Crippen molar-refractivity contribution in [2.75, 3.05) is 0 Å². The van der Waals surface area contributed by atoms with E-state index < -0.39 is 10.1 Å². The number of aromatic nitrogens is 1. The third-order valence-electron chi connectivity index (χ3n) is 5.83. The molecule has 6 heteroatoms. The average Bonchev–Trinajstić information content (AvgIpc) is 2.90. The molecule has 0 spiro atoms. The highest BCUT2D eigenvalue weighted by Crippen LogP contribution is 2.34. The van der Waals surface area contributed by atoms with Crippen LogP contribution in [0.1, 0.15) is 5.56 Å². The molecule has 0 N–H and O–H groups in total. The van der Waals surface area contributed by atoms with Crippen LogP contribution in [0.3, 0.4) is 0 Å². The SMILES string of the molecule is Cc1ccc(S(=O)(=O)Oc2cc(-c3ccccc3)n(-c3ccccc3)c(=O)c2-c2ccccc2)cc1. The highest BCUT2D eigenvalue weighted by Gasteiger charge is 2.25. The lowest BCUT2D eigenvalue weighted by atomic mass is 10.0. The number of hydrogen-bond acceptors (Lipinski definition) is 4. The Hall–Kier alpha value is -4.42. The first-order valence-corrected chi connectivity index (χ1v) is 12.8. The van der Waals surface area contributed by atoms with Gasteiger partial charge in [-0.15, -0.1) is 0 Å². The third kappa shape index (κ3) is 4.59. The van der Waals surface area contributed by atoms with Crippen molar-refractivity contribution in [3.8, 4) is 33.8 Å². The molecule has 0 bridgehead atoms. The van der Waals surface area contributed by atoms with Crippen molar-refractivity contribution >= 4 is 10.1 Å². The summed E-state index contributed by atoms with van der Waals surface area (Å²) in [6.45, 7) is 1.88. The molecule has 0 aliphatic carbocycles. The van der Waals surface area contributed by atoms with Gasteiger partial charge in [-0.2, -0.15) is 8.42 Å². The Morgan fingerprint density at radius 2 is 1.19 bits per heavy atom. The molecule has 5 aromatic rings. The molecule has 0 fully saturated rings. The van der Waals surface area contributed by atoms with E-state index in [2.05, 4.69) is 0 Å². The average molecular weight is 494 g/mol. The number of nitrogens with zero attached hydrogens (tertiary/aromatic N) is 1. The van der Waals surface area contributed by atoms with Gasteiger partial charge in [-0.05, 0) is 42.3 Å². The summed E-state index contributed by atoms with van der Waals surface area (Å²) in [5.74, 6) is -0.0298. The number of hydrogen-bond donors (Lipinski definition) is 0. The molecule has 1 aromatic heterocycles. The first-order chi connectivity index (χ1) is 17.4. The minimum absolute atomic E-state index is 0.0145. The molecular weight excluding hydrogens is 470 g/mol. The van der Waals surface area contributed by atoms with Crippen LogP contribution in [0.5, 0.6) is 5.75 Å². The largest absolute Gasteiger partial charge is 0.378 e. The van der Waals surface area contributed by atoms with E-state index in [9.17, 15) is 13.2 Å². The molecule has 0 saturated carbocycles. The molecule has 1 heterocycles. The number of pyridine rings is 1. The van der Waals surface area contributed by atoms with Crippen molar-refractivity contribution < 1.29 is 12.6 Å². The van der Waals surface area contributed by atoms with Crippen molar-refractivity contribution in [2.45, 2.75) is 11.8 Å². The van der Waals surface area contributed by atoms with Gasteiger partial charge in [-0.1, -0.05) is 96.6 Å². The molecule has 0 unspecified atom stereocenters. The van der Waals surface area contributed by atoms with Crippen molar-refractivity contribution in [3.05, 3.63) is 137 Å². The van der Waals surface area contributed by atoms with E-state index >= 15 is 0 Å². The monoisotopic (exact) mass is 493 g/mol. The zero-order chi connectivity index (χ0) is 25.1. The minimum atomic E-state index is -4.20. The van der Waals surface area contributed by atoms with Crippen LogP contribution in [-0.2, 0) is 10.1 Å². The Balaban J connectivity index is 1.81. The summed E-state index contributed by atoms with van der Waals surface area (Å²) in [4.78, 5) is 14.2. The normalized spacial score (nSPS) is 11.2. The topological polar surface area (TPSA) is 65.4 Å².